The lowest BCUT2D eigenvalue weighted by Crippen LogP contribution is -2.52. The first-order valence-corrected chi connectivity index (χ1v) is 12.3. The Morgan fingerprint density at radius 1 is 1.00 bits per heavy atom. The quantitative estimate of drug-likeness (QED) is 0.742. The van der Waals surface area contributed by atoms with E-state index >= 15 is 0 Å². The van der Waals surface area contributed by atoms with Crippen LogP contribution in [0.1, 0.15) is 36.6 Å². The van der Waals surface area contributed by atoms with Gasteiger partial charge in [-0.25, -0.2) is 4.98 Å². The summed E-state index contributed by atoms with van der Waals surface area (Å²) in [7, 11) is 0. The standard InChI is InChI=1S/C23H31N5O2S/c29-21(24-18-7-8-18)15-26-10-12-27(13-11-26)16-22(30)28-9-3-4-17(14-28)23-25-19-5-1-2-6-20(19)31-23/h1-2,5-6,17-18H,3-4,7-16H2,(H,24,29)/t17-/m1/s1. The van der Waals surface area contributed by atoms with Gasteiger partial charge in [0, 0.05) is 51.2 Å². The van der Waals surface area contributed by atoms with Crippen molar-refractivity contribution < 1.29 is 9.59 Å². The van der Waals surface area contributed by atoms with Crippen LogP contribution in [0.5, 0.6) is 0 Å². The minimum Gasteiger partial charge on any atom is -0.352 e. The van der Waals surface area contributed by atoms with Crippen molar-refractivity contribution in [1.82, 2.24) is 25.0 Å². The van der Waals surface area contributed by atoms with Gasteiger partial charge in [0.25, 0.3) is 0 Å². The summed E-state index contributed by atoms with van der Waals surface area (Å²) in [4.78, 5) is 36.3. The fourth-order valence-electron chi connectivity index (χ4n) is 4.57. The maximum Gasteiger partial charge on any atom is 0.236 e. The van der Waals surface area contributed by atoms with Gasteiger partial charge >= 0.3 is 0 Å². The molecule has 1 aromatic carbocycles. The topological polar surface area (TPSA) is 68.8 Å². The number of hydrogen-bond acceptors (Lipinski definition) is 6. The zero-order valence-electron chi connectivity index (χ0n) is 18.0. The molecule has 2 amide bonds. The molecule has 8 heteroatoms. The summed E-state index contributed by atoms with van der Waals surface area (Å²) in [6.07, 6.45) is 4.39. The molecule has 3 fully saturated rings. The molecule has 2 aromatic rings. The smallest absolute Gasteiger partial charge is 0.236 e. The Morgan fingerprint density at radius 2 is 1.74 bits per heavy atom. The molecular formula is C23H31N5O2S. The number of thiazole rings is 1. The van der Waals surface area contributed by atoms with Crippen LogP contribution in [0.3, 0.4) is 0 Å². The Bertz CT molecular complexity index is 902. The van der Waals surface area contributed by atoms with E-state index in [1.54, 1.807) is 11.3 Å². The first-order chi connectivity index (χ1) is 15.1. The van der Waals surface area contributed by atoms with Crippen LogP contribution in [0.2, 0.25) is 0 Å². The monoisotopic (exact) mass is 441 g/mol. The number of para-hydroxylation sites is 1. The van der Waals surface area contributed by atoms with Crippen molar-refractivity contribution in [3.8, 4) is 0 Å². The Balaban J connectivity index is 1.10. The number of nitrogens with zero attached hydrogens (tertiary/aromatic N) is 4. The second kappa shape index (κ2) is 9.22. The molecule has 1 N–H and O–H groups in total. The van der Waals surface area contributed by atoms with Gasteiger partial charge in [-0.3, -0.25) is 19.4 Å². The summed E-state index contributed by atoms with van der Waals surface area (Å²) in [5, 5.41) is 4.22. The number of aromatic nitrogens is 1. The Hall–Kier alpha value is -2.03. The predicted octanol–water partition coefficient (Wildman–Crippen LogP) is 1.90. The van der Waals surface area contributed by atoms with Crippen LogP contribution in [-0.4, -0.2) is 89.9 Å². The fourth-order valence-corrected chi connectivity index (χ4v) is 5.66. The van der Waals surface area contributed by atoms with Crippen LogP contribution in [0.15, 0.2) is 24.3 Å². The maximum absolute atomic E-state index is 13.0. The SMILES string of the molecule is O=C(CN1CCN(CC(=O)N2CCC[C@@H](c3nc4ccccc4s3)C2)CC1)NC1CC1. The Morgan fingerprint density at radius 3 is 2.48 bits per heavy atom. The van der Waals surface area contributed by atoms with Gasteiger partial charge in [-0.15, -0.1) is 11.3 Å². The van der Waals surface area contributed by atoms with Gasteiger partial charge in [-0.2, -0.15) is 0 Å². The third-order valence-electron chi connectivity index (χ3n) is 6.57. The summed E-state index contributed by atoms with van der Waals surface area (Å²) in [6.45, 7) is 5.97. The first kappa shape index (κ1) is 20.8. The molecule has 0 unspecified atom stereocenters. The van der Waals surface area contributed by atoms with E-state index in [-0.39, 0.29) is 11.8 Å². The van der Waals surface area contributed by atoms with E-state index in [0.29, 0.717) is 25.0 Å². The number of amides is 2. The number of carbonyl (C=O) groups is 2. The van der Waals surface area contributed by atoms with Crippen LogP contribution >= 0.6 is 11.3 Å². The number of piperazine rings is 1. The van der Waals surface area contributed by atoms with E-state index in [0.717, 1.165) is 75.5 Å². The molecule has 1 atom stereocenters. The number of benzene rings is 1. The van der Waals surface area contributed by atoms with E-state index < -0.39 is 0 Å². The number of likely N-dealkylation sites (tertiary alicyclic amines) is 1. The zero-order valence-corrected chi connectivity index (χ0v) is 18.8. The molecule has 1 saturated carbocycles. The molecule has 1 aliphatic carbocycles. The normalized spacial score (nSPS) is 23.2. The summed E-state index contributed by atoms with van der Waals surface area (Å²) < 4.78 is 1.23. The number of carbonyl (C=O) groups excluding carboxylic acids is 2. The maximum atomic E-state index is 13.0. The molecule has 31 heavy (non-hydrogen) atoms. The van der Waals surface area contributed by atoms with E-state index in [1.807, 2.05) is 11.0 Å². The third kappa shape index (κ3) is 5.25. The van der Waals surface area contributed by atoms with Gasteiger partial charge in [0.15, 0.2) is 0 Å². The van der Waals surface area contributed by atoms with E-state index in [2.05, 4.69) is 33.3 Å². The van der Waals surface area contributed by atoms with Gasteiger partial charge < -0.3 is 10.2 Å². The second-order valence-corrected chi connectivity index (χ2v) is 10.2. The highest BCUT2D eigenvalue weighted by molar-refractivity contribution is 7.18. The molecule has 2 saturated heterocycles. The molecule has 3 aliphatic rings. The van der Waals surface area contributed by atoms with Crippen LogP contribution in [0.4, 0.5) is 0 Å². The van der Waals surface area contributed by atoms with Gasteiger partial charge in [-0.05, 0) is 37.8 Å². The summed E-state index contributed by atoms with van der Waals surface area (Å²) in [6, 6.07) is 8.69. The van der Waals surface area contributed by atoms with Crippen molar-refractivity contribution in [2.24, 2.45) is 0 Å². The van der Waals surface area contributed by atoms with Crippen molar-refractivity contribution in [1.29, 1.82) is 0 Å². The minimum atomic E-state index is 0.140. The number of piperidine rings is 1. The highest BCUT2D eigenvalue weighted by Crippen LogP contribution is 2.33. The molecule has 1 aromatic heterocycles. The molecule has 166 valence electrons. The zero-order chi connectivity index (χ0) is 21.2. The minimum absolute atomic E-state index is 0.140. The lowest BCUT2D eigenvalue weighted by molar-refractivity contribution is -0.134. The van der Waals surface area contributed by atoms with E-state index in [4.69, 9.17) is 4.98 Å². The number of fused-ring (bicyclic) bond motifs is 1. The van der Waals surface area contributed by atoms with Crippen molar-refractivity contribution in [2.45, 2.75) is 37.6 Å². The Labute approximate surface area is 187 Å². The summed E-state index contributed by atoms with van der Waals surface area (Å²) >= 11 is 1.77. The van der Waals surface area contributed by atoms with Crippen LogP contribution in [0.25, 0.3) is 10.2 Å². The number of nitrogens with one attached hydrogen (secondary N) is 1. The Kier molecular flexibility index (Phi) is 6.20. The molecular weight excluding hydrogens is 410 g/mol. The average Bonchev–Trinajstić information content (AvgIpc) is 3.48. The number of rotatable bonds is 6. The first-order valence-electron chi connectivity index (χ1n) is 11.5. The van der Waals surface area contributed by atoms with Gasteiger partial charge in [0.2, 0.25) is 11.8 Å². The lowest BCUT2D eigenvalue weighted by atomic mass is 9.98. The van der Waals surface area contributed by atoms with Crippen molar-refractivity contribution in [3.63, 3.8) is 0 Å². The largest absolute Gasteiger partial charge is 0.352 e. The molecule has 3 heterocycles. The van der Waals surface area contributed by atoms with Crippen molar-refractivity contribution in [3.05, 3.63) is 29.3 Å². The van der Waals surface area contributed by atoms with E-state index in [1.165, 1.54) is 4.70 Å². The summed E-state index contributed by atoms with van der Waals surface area (Å²) in [5.41, 5.74) is 1.06. The van der Waals surface area contributed by atoms with Crippen molar-refractivity contribution >= 4 is 33.4 Å². The second-order valence-electron chi connectivity index (χ2n) is 9.09. The van der Waals surface area contributed by atoms with Crippen LogP contribution in [0, 0.1) is 0 Å². The van der Waals surface area contributed by atoms with Gasteiger partial charge in [0.1, 0.15) is 0 Å². The van der Waals surface area contributed by atoms with Crippen molar-refractivity contribution in [2.75, 3.05) is 52.4 Å². The molecule has 0 bridgehead atoms. The molecule has 0 spiro atoms. The molecule has 2 aliphatic heterocycles. The third-order valence-corrected chi connectivity index (χ3v) is 7.77. The van der Waals surface area contributed by atoms with Gasteiger partial charge in [-0.1, -0.05) is 12.1 Å². The predicted molar refractivity (Wildman–Crippen MR) is 122 cm³/mol. The average molecular weight is 442 g/mol. The number of hydrogen-bond donors (Lipinski definition) is 1. The highest BCUT2D eigenvalue weighted by Gasteiger charge is 2.29. The lowest BCUT2D eigenvalue weighted by Gasteiger charge is -2.37. The van der Waals surface area contributed by atoms with Gasteiger partial charge in [0.05, 0.1) is 28.3 Å². The van der Waals surface area contributed by atoms with E-state index in [9.17, 15) is 9.59 Å². The van der Waals surface area contributed by atoms with Crippen LogP contribution in [-0.2, 0) is 9.59 Å². The summed E-state index contributed by atoms with van der Waals surface area (Å²) in [5.74, 6) is 0.712. The highest BCUT2D eigenvalue weighted by atomic mass is 32.1. The van der Waals surface area contributed by atoms with Crippen LogP contribution < -0.4 is 5.32 Å². The fraction of sp³-hybridized carbons (Fsp3) is 0.609. The molecule has 5 rings (SSSR count). The molecule has 7 nitrogen and oxygen atoms in total. The molecule has 0 radical (unpaired) electrons.